The van der Waals surface area contributed by atoms with Crippen LogP contribution < -0.4 is 4.74 Å². The number of tetrazole rings is 1. The zero-order valence-corrected chi connectivity index (χ0v) is 20.7. The van der Waals surface area contributed by atoms with Gasteiger partial charge >= 0.3 is 5.92 Å². The van der Waals surface area contributed by atoms with Crippen molar-refractivity contribution in [1.82, 2.24) is 35.0 Å². The van der Waals surface area contributed by atoms with Crippen LogP contribution >= 0.6 is 23.2 Å². The predicted octanol–water partition coefficient (Wildman–Crippen LogP) is 5.28. The topological polar surface area (TPSA) is 83.5 Å². The monoisotopic (exact) mass is 529 g/mol. The number of halogens is 4. The minimum atomic E-state index is -3.53. The Morgan fingerprint density at radius 3 is 2.42 bits per heavy atom. The van der Waals surface area contributed by atoms with Crippen LogP contribution in [0.15, 0.2) is 54.7 Å². The molecule has 184 valence electrons. The van der Waals surface area contributed by atoms with Gasteiger partial charge in [0.1, 0.15) is 11.3 Å². The lowest BCUT2D eigenvalue weighted by atomic mass is 10.1. The lowest BCUT2D eigenvalue weighted by Crippen LogP contribution is -2.23. The molecule has 12 heteroatoms. The lowest BCUT2D eigenvalue weighted by molar-refractivity contribution is 0.0278. The summed E-state index contributed by atoms with van der Waals surface area (Å²) in [6.45, 7) is 2.00. The lowest BCUT2D eigenvalue weighted by Gasteiger charge is -2.16. The SMILES string of the molecule is COc1ccc(Cn2nnnc2C(F)(F)c2cnc3c(C)nn(Cc4c(Cl)cccc4Cl)c3c2)cc1. The molecule has 0 N–H and O–H groups in total. The molecule has 2 aromatic carbocycles. The van der Waals surface area contributed by atoms with E-state index in [1.54, 1.807) is 61.2 Å². The number of alkyl halides is 2. The van der Waals surface area contributed by atoms with Crippen molar-refractivity contribution in [2.45, 2.75) is 25.9 Å². The van der Waals surface area contributed by atoms with Crippen LogP contribution in [0.1, 0.15) is 28.2 Å². The van der Waals surface area contributed by atoms with Crippen LogP contribution in [0.4, 0.5) is 8.78 Å². The van der Waals surface area contributed by atoms with Crippen molar-refractivity contribution in [3.05, 3.63) is 93.0 Å². The van der Waals surface area contributed by atoms with Gasteiger partial charge in [0.15, 0.2) is 0 Å². The molecule has 3 heterocycles. The Bertz CT molecular complexity index is 1530. The van der Waals surface area contributed by atoms with Crippen LogP contribution in [0, 0.1) is 6.92 Å². The molecule has 0 radical (unpaired) electrons. The summed E-state index contributed by atoms with van der Waals surface area (Å²) >= 11 is 12.6. The molecule has 0 saturated heterocycles. The second-order valence-electron chi connectivity index (χ2n) is 8.12. The summed E-state index contributed by atoms with van der Waals surface area (Å²) in [5.41, 5.74) is 2.50. The third-order valence-corrected chi connectivity index (χ3v) is 6.50. The quantitative estimate of drug-likeness (QED) is 0.285. The van der Waals surface area contributed by atoms with Gasteiger partial charge in [-0.3, -0.25) is 9.67 Å². The minimum absolute atomic E-state index is 0.0552. The number of benzene rings is 2. The highest BCUT2D eigenvalue weighted by molar-refractivity contribution is 6.36. The molecule has 0 unspecified atom stereocenters. The highest BCUT2D eigenvalue weighted by Gasteiger charge is 2.41. The molecule has 0 aliphatic heterocycles. The molecule has 0 saturated carbocycles. The van der Waals surface area contributed by atoms with E-state index in [9.17, 15) is 0 Å². The van der Waals surface area contributed by atoms with Crippen molar-refractivity contribution in [2.75, 3.05) is 7.11 Å². The maximum absolute atomic E-state index is 15.7. The van der Waals surface area contributed by atoms with E-state index in [1.807, 2.05) is 0 Å². The first-order valence-corrected chi connectivity index (χ1v) is 11.6. The average molecular weight is 530 g/mol. The van der Waals surface area contributed by atoms with Crippen LogP contribution in [0.5, 0.6) is 5.75 Å². The highest BCUT2D eigenvalue weighted by Crippen LogP contribution is 2.36. The summed E-state index contributed by atoms with van der Waals surface area (Å²) in [7, 11) is 1.55. The molecular formula is C24H19Cl2F2N7O. The first-order chi connectivity index (χ1) is 17.3. The number of aromatic nitrogens is 7. The van der Waals surface area contributed by atoms with Crippen molar-refractivity contribution >= 4 is 34.2 Å². The van der Waals surface area contributed by atoms with Gasteiger partial charge in [-0.05, 0) is 53.2 Å². The zero-order valence-electron chi connectivity index (χ0n) is 19.2. The summed E-state index contributed by atoms with van der Waals surface area (Å²) < 4.78 is 39.2. The van der Waals surface area contributed by atoms with E-state index < -0.39 is 11.7 Å². The standard InChI is InChI=1S/C24H19Cl2F2N7O/c1-14-22-21(34(31-14)13-18-19(25)4-3-5-20(18)26)10-16(11-29-22)24(27,28)23-30-32-33-35(23)12-15-6-8-17(36-2)9-7-15/h3-11H,12-13H2,1-2H3. The fourth-order valence-corrected chi connectivity index (χ4v) is 4.42. The van der Waals surface area contributed by atoms with E-state index in [0.29, 0.717) is 38.1 Å². The molecule has 5 aromatic rings. The number of pyridine rings is 1. The van der Waals surface area contributed by atoms with E-state index >= 15 is 8.78 Å². The van der Waals surface area contributed by atoms with Crippen molar-refractivity contribution < 1.29 is 13.5 Å². The van der Waals surface area contributed by atoms with Gasteiger partial charge in [0.25, 0.3) is 0 Å². The summed E-state index contributed by atoms with van der Waals surface area (Å²) in [4.78, 5) is 4.28. The maximum Gasteiger partial charge on any atom is 0.335 e. The fourth-order valence-electron chi connectivity index (χ4n) is 3.91. The normalized spacial score (nSPS) is 11.8. The summed E-state index contributed by atoms with van der Waals surface area (Å²) in [5, 5.41) is 16.3. The number of hydrogen-bond acceptors (Lipinski definition) is 6. The molecular weight excluding hydrogens is 511 g/mol. The Balaban J connectivity index is 1.51. The molecule has 36 heavy (non-hydrogen) atoms. The third kappa shape index (κ3) is 4.38. The second kappa shape index (κ2) is 9.44. The van der Waals surface area contributed by atoms with Gasteiger partial charge in [-0.25, -0.2) is 4.68 Å². The van der Waals surface area contributed by atoms with Gasteiger partial charge in [-0.2, -0.15) is 13.9 Å². The number of methoxy groups -OCH3 is 1. The first-order valence-electron chi connectivity index (χ1n) is 10.8. The molecule has 3 aromatic heterocycles. The Kier molecular flexibility index (Phi) is 6.31. The van der Waals surface area contributed by atoms with E-state index in [4.69, 9.17) is 27.9 Å². The van der Waals surface area contributed by atoms with E-state index in [2.05, 4.69) is 25.6 Å². The number of nitrogens with zero attached hydrogens (tertiary/aromatic N) is 7. The summed E-state index contributed by atoms with van der Waals surface area (Å²) in [6, 6.07) is 13.5. The Hall–Kier alpha value is -3.63. The van der Waals surface area contributed by atoms with E-state index in [0.717, 1.165) is 16.4 Å². The molecule has 0 amide bonds. The molecule has 0 fully saturated rings. The second-order valence-corrected chi connectivity index (χ2v) is 8.93. The maximum atomic E-state index is 15.7. The number of aryl methyl sites for hydroxylation is 1. The number of fused-ring (bicyclic) bond motifs is 1. The highest BCUT2D eigenvalue weighted by atomic mass is 35.5. The van der Waals surface area contributed by atoms with Crippen LogP contribution in [0.3, 0.4) is 0 Å². The molecule has 0 aliphatic rings. The van der Waals surface area contributed by atoms with Crippen LogP contribution in [-0.4, -0.2) is 42.1 Å². The molecule has 8 nitrogen and oxygen atoms in total. The van der Waals surface area contributed by atoms with Crippen LogP contribution in [-0.2, 0) is 19.0 Å². The van der Waals surface area contributed by atoms with Gasteiger partial charge < -0.3 is 4.74 Å². The van der Waals surface area contributed by atoms with Crippen LogP contribution in [0.25, 0.3) is 11.0 Å². The largest absolute Gasteiger partial charge is 0.497 e. The van der Waals surface area contributed by atoms with Crippen molar-refractivity contribution in [1.29, 1.82) is 0 Å². The number of hydrogen-bond donors (Lipinski definition) is 0. The molecule has 0 atom stereocenters. The molecule has 0 bridgehead atoms. The summed E-state index contributed by atoms with van der Waals surface area (Å²) in [5.74, 6) is -3.47. The smallest absolute Gasteiger partial charge is 0.335 e. The zero-order chi connectivity index (χ0) is 25.4. The van der Waals surface area contributed by atoms with Gasteiger partial charge in [0.05, 0.1) is 31.4 Å². The molecule has 0 aliphatic carbocycles. The molecule has 0 spiro atoms. The molecule has 5 rings (SSSR count). The average Bonchev–Trinajstić information content (AvgIpc) is 3.46. The van der Waals surface area contributed by atoms with Gasteiger partial charge in [0, 0.05) is 27.4 Å². The minimum Gasteiger partial charge on any atom is -0.497 e. The Morgan fingerprint density at radius 2 is 1.72 bits per heavy atom. The Morgan fingerprint density at radius 1 is 1.00 bits per heavy atom. The van der Waals surface area contributed by atoms with Crippen molar-refractivity contribution in [3.8, 4) is 5.75 Å². The van der Waals surface area contributed by atoms with Gasteiger partial charge in [-0.1, -0.05) is 41.4 Å². The predicted molar refractivity (Wildman–Crippen MR) is 131 cm³/mol. The number of ether oxygens (including phenoxy) is 1. The fraction of sp³-hybridized carbons (Fsp3) is 0.208. The van der Waals surface area contributed by atoms with Gasteiger partial charge in [-0.15, -0.1) is 5.10 Å². The van der Waals surface area contributed by atoms with E-state index in [1.165, 1.54) is 6.07 Å². The van der Waals surface area contributed by atoms with E-state index in [-0.39, 0.29) is 18.7 Å². The first kappa shape index (κ1) is 24.1. The van der Waals surface area contributed by atoms with Gasteiger partial charge in [0.2, 0.25) is 5.82 Å². The Labute approximate surface area is 214 Å². The number of rotatable bonds is 7. The van der Waals surface area contributed by atoms with Crippen molar-refractivity contribution in [2.24, 2.45) is 0 Å². The third-order valence-electron chi connectivity index (χ3n) is 5.80. The van der Waals surface area contributed by atoms with Crippen molar-refractivity contribution in [3.63, 3.8) is 0 Å². The summed E-state index contributed by atoms with van der Waals surface area (Å²) in [6.07, 6.45) is 1.12. The van der Waals surface area contributed by atoms with Crippen LogP contribution in [0.2, 0.25) is 10.0 Å².